The summed E-state index contributed by atoms with van der Waals surface area (Å²) in [6.45, 7) is 1.81. The number of nitrogens with zero attached hydrogens (tertiary/aromatic N) is 3. The molecule has 1 saturated carbocycles. The molecule has 3 N–H and O–H groups in total. The third-order valence-electron chi connectivity index (χ3n) is 4.73. The highest BCUT2D eigenvalue weighted by molar-refractivity contribution is 5.99. The Morgan fingerprint density at radius 1 is 1.40 bits per heavy atom. The van der Waals surface area contributed by atoms with Gasteiger partial charge in [0.05, 0.1) is 6.20 Å². The number of hydrogen-bond acceptors (Lipinski definition) is 4. The minimum absolute atomic E-state index is 0.000273. The lowest BCUT2D eigenvalue weighted by atomic mass is 9.82. The van der Waals surface area contributed by atoms with E-state index in [4.69, 9.17) is 5.73 Å². The molecule has 2 amide bonds. The van der Waals surface area contributed by atoms with Crippen LogP contribution in [0, 0.1) is 5.92 Å². The molecule has 0 saturated heterocycles. The number of nitrogens with one attached hydrogen (secondary N) is 1. The second-order valence-electron chi connectivity index (χ2n) is 6.44. The number of carbonyl (C=O) groups excluding carboxylic acids is 2. The van der Waals surface area contributed by atoms with Gasteiger partial charge in [-0.05, 0) is 31.7 Å². The fourth-order valence-electron chi connectivity index (χ4n) is 3.20. The van der Waals surface area contributed by atoms with Crippen molar-refractivity contribution in [3.63, 3.8) is 0 Å². The van der Waals surface area contributed by atoms with Crippen LogP contribution in [0.25, 0.3) is 5.65 Å². The minimum atomic E-state index is -2.60. The van der Waals surface area contributed by atoms with E-state index < -0.39 is 17.7 Å². The van der Waals surface area contributed by atoms with Crippen LogP contribution in [0.4, 0.5) is 8.78 Å². The number of aromatic nitrogens is 3. The molecule has 25 heavy (non-hydrogen) atoms. The highest BCUT2D eigenvalue weighted by Crippen LogP contribution is 2.37. The normalized spacial score (nSPS) is 18.8. The molecule has 134 valence electrons. The van der Waals surface area contributed by atoms with Crippen LogP contribution < -0.4 is 11.1 Å². The molecule has 2 heterocycles. The summed E-state index contributed by atoms with van der Waals surface area (Å²) in [6, 6.07) is 1.22. The first-order chi connectivity index (χ1) is 11.8. The lowest BCUT2D eigenvalue weighted by Gasteiger charge is -2.32. The van der Waals surface area contributed by atoms with Crippen LogP contribution in [0.5, 0.6) is 0 Å². The molecular weight excluding hydrogens is 332 g/mol. The first-order valence-corrected chi connectivity index (χ1v) is 8.10. The number of amides is 2. The van der Waals surface area contributed by atoms with Gasteiger partial charge in [-0.25, -0.2) is 18.3 Å². The predicted molar refractivity (Wildman–Crippen MR) is 85.3 cm³/mol. The number of halogens is 2. The molecule has 1 unspecified atom stereocenters. The molecular formula is C16H19F2N5O2. The molecule has 0 aromatic carbocycles. The molecule has 1 atom stereocenters. The second-order valence-corrected chi connectivity index (χ2v) is 6.44. The van der Waals surface area contributed by atoms with E-state index in [1.54, 1.807) is 0 Å². The Morgan fingerprint density at radius 3 is 2.72 bits per heavy atom. The van der Waals surface area contributed by atoms with E-state index in [9.17, 15) is 18.4 Å². The van der Waals surface area contributed by atoms with E-state index in [1.165, 1.54) is 23.0 Å². The highest BCUT2D eigenvalue weighted by Gasteiger charge is 2.37. The van der Waals surface area contributed by atoms with Crippen LogP contribution in [0.3, 0.4) is 0 Å². The molecule has 1 fully saturated rings. The van der Waals surface area contributed by atoms with Crippen LogP contribution in [-0.4, -0.2) is 38.4 Å². The first kappa shape index (κ1) is 17.2. The lowest BCUT2D eigenvalue weighted by Crippen LogP contribution is -2.41. The van der Waals surface area contributed by atoms with Crippen molar-refractivity contribution in [2.24, 2.45) is 11.7 Å². The van der Waals surface area contributed by atoms with Gasteiger partial charge >= 0.3 is 0 Å². The van der Waals surface area contributed by atoms with E-state index in [1.807, 2.05) is 6.92 Å². The van der Waals surface area contributed by atoms with Gasteiger partial charge in [-0.15, -0.1) is 0 Å². The number of alkyl halides is 2. The molecule has 0 radical (unpaired) electrons. The number of hydrogen-bond donors (Lipinski definition) is 2. The number of rotatable bonds is 4. The van der Waals surface area contributed by atoms with Crippen LogP contribution in [-0.2, 0) is 0 Å². The van der Waals surface area contributed by atoms with Crippen molar-refractivity contribution < 1.29 is 18.4 Å². The van der Waals surface area contributed by atoms with E-state index in [-0.39, 0.29) is 41.7 Å². The van der Waals surface area contributed by atoms with Gasteiger partial charge in [0.1, 0.15) is 11.3 Å². The molecule has 2 aromatic rings. The number of primary amides is 1. The van der Waals surface area contributed by atoms with Gasteiger partial charge in [-0.1, -0.05) is 0 Å². The zero-order valence-electron chi connectivity index (χ0n) is 13.7. The Hall–Kier alpha value is -2.58. The zero-order valence-corrected chi connectivity index (χ0v) is 13.7. The highest BCUT2D eigenvalue weighted by atomic mass is 19.3. The molecule has 0 spiro atoms. The number of carbonyl (C=O) groups is 2. The monoisotopic (exact) mass is 351 g/mol. The van der Waals surface area contributed by atoms with Crippen molar-refractivity contribution in [1.29, 1.82) is 0 Å². The first-order valence-electron chi connectivity index (χ1n) is 8.10. The largest absolute Gasteiger partial charge is 0.365 e. The van der Waals surface area contributed by atoms with Gasteiger partial charge in [0.25, 0.3) is 11.8 Å². The maximum Gasteiger partial charge on any atom is 0.270 e. The minimum Gasteiger partial charge on any atom is -0.365 e. The Bertz CT molecular complexity index is 810. The van der Waals surface area contributed by atoms with E-state index in [0.29, 0.717) is 12.8 Å². The molecule has 7 nitrogen and oxygen atoms in total. The Balaban J connectivity index is 1.75. The molecule has 0 bridgehead atoms. The summed E-state index contributed by atoms with van der Waals surface area (Å²) >= 11 is 0. The summed E-state index contributed by atoms with van der Waals surface area (Å²) in [5.41, 5.74) is 5.78. The van der Waals surface area contributed by atoms with Gasteiger partial charge in [0.2, 0.25) is 5.92 Å². The summed E-state index contributed by atoms with van der Waals surface area (Å²) < 4.78 is 27.8. The number of fused-ring (bicyclic) bond motifs is 1. The van der Waals surface area contributed by atoms with Crippen molar-refractivity contribution in [3.8, 4) is 0 Å². The quantitative estimate of drug-likeness (QED) is 0.876. The van der Waals surface area contributed by atoms with E-state index >= 15 is 0 Å². The summed E-state index contributed by atoms with van der Waals surface area (Å²) in [4.78, 5) is 27.9. The fraction of sp³-hybridized carbons (Fsp3) is 0.500. The van der Waals surface area contributed by atoms with Crippen LogP contribution in [0.1, 0.15) is 53.5 Å². The number of nitrogens with two attached hydrogens (primary N) is 1. The van der Waals surface area contributed by atoms with E-state index in [2.05, 4.69) is 15.4 Å². The lowest BCUT2D eigenvalue weighted by molar-refractivity contribution is -0.0485. The van der Waals surface area contributed by atoms with E-state index in [0.717, 1.165) is 0 Å². The molecule has 2 aromatic heterocycles. The third-order valence-corrected chi connectivity index (χ3v) is 4.73. The SMILES string of the molecule is CC(NC(=O)c1ccnc2c(C(N)=O)cnn12)C1CCC(F)(F)CC1. The summed E-state index contributed by atoms with van der Waals surface area (Å²) in [7, 11) is 0. The summed E-state index contributed by atoms with van der Waals surface area (Å²) in [6.07, 6.45) is 3.08. The van der Waals surface area contributed by atoms with Gasteiger partial charge in [-0.2, -0.15) is 5.10 Å². The maximum absolute atomic E-state index is 13.3. The van der Waals surface area contributed by atoms with Crippen molar-refractivity contribution in [2.45, 2.75) is 44.6 Å². The molecule has 3 rings (SSSR count). The van der Waals surface area contributed by atoms with Crippen molar-refractivity contribution in [3.05, 3.63) is 29.7 Å². The van der Waals surface area contributed by atoms with Crippen LogP contribution in [0.2, 0.25) is 0 Å². The van der Waals surface area contributed by atoms with Gasteiger partial charge in [0.15, 0.2) is 5.65 Å². The van der Waals surface area contributed by atoms with Crippen molar-refractivity contribution in [1.82, 2.24) is 19.9 Å². The summed E-state index contributed by atoms with van der Waals surface area (Å²) in [5, 5.41) is 6.83. The second kappa shape index (κ2) is 6.38. The Labute approximate surface area is 142 Å². The molecule has 0 aliphatic heterocycles. The molecule has 1 aliphatic rings. The fourth-order valence-corrected chi connectivity index (χ4v) is 3.20. The average Bonchev–Trinajstić information content (AvgIpc) is 2.98. The maximum atomic E-state index is 13.3. The van der Waals surface area contributed by atoms with Crippen molar-refractivity contribution in [2.75, 3.05) is 0 Å². The molecule has 9 heteroatoms. The third kappa shape index (κ3) is 3.45. The standard InChI is InChI=1S/C16H19F2N5O2/c1-9(10-2-5-16(17,18)6-3-10)22-15(25)12-4-7-20-14-11(13(19)24)8-21-23(12)14/h4,7-10H,2-3,5-6H2,1H3,(H2,19,24)(H,22,25). The van der Waals surface area contributed by atoms with Gasteiger partial charge in [-0.3, -0.25) is 9.59 Å². The average molecular weight is 351 g/mol. The Kier molecular flexibility index (Phi) is 4.40. The predicted octanol–water partition coefficient (Wildman–Crippen LogP) is 1.77. The topological polar surface area (TPSA) is 102 Å². The smallest absolute Gasteiger partial charge is 0.270 e. The summed E-state index contributed by atoms with van der Waals surface area (Å²) in [5.74, 6) is -3.69. The van der Waals surface area contributed by atoms with Crippen LogP contribution >= 0.6 is 0 Å². The molecule has 1 aliphatic carbocycles. The van der Waals surface area contributed by atoms with Gasteiger partial charge in [0, 0.05) is 25.1 Å². The zero-order chi connectivity index (χ0) is 18.2. The van der Waals surface area contributed by atoms with Crippen LogP contribution in [0.15, 0.2) is 18.5 Å². The van der Waals surface area contributed by atoms with Crippen molar-refractivity contribution >= 4 is 17.5 Å². The Morgan fingerprint density at radius 2 is 2.08 bits per heavy atom. The van der Waals surface area contributed by atoms with Gasteiger partial charge < -0.3 is 11.1 Å².